The van der Waals surface area contributed by atoms with Gasteiger partial charge in [-0.05, 0) is 73.2 Å². The maximum atomic E-state index is 11.7. The van der Waals surface area contributed by atoms with Gasteiger partial charge >= 0.3 is 5.97 Å². The van der Waals surface area contributed by atoms with Crippen molar-refractivity contribution in [2.45, 2.75) is 73.6 Å². The minimum atomic E-state index is -0.257. The fraction of sp³-hybridized carbons (Fsp3) is 0.720. The second kappa shape index (κ2) is 10.4. The Morgan fingerprint density at radius 2 is 1.61 bits per heavy atom. The number of nitrogens with zero attached hydrogens (tertiary/aromatic N) is 1. The van der Waals surface area contributed by atoms with Gasteiger partial charge in [-0.25, -0.2) is 4.79 Å². The summed E-state index contributed by atoms with van der Waals surface area (Å²) in [5, 5.41) is 0. The molecule has 1 aliphatic heterocycles. The molecule has 1 aromatic carbocycles. The smallest absolute Gasteiger partial charge is 0.337 e. The summed E-state index contributed by atoms with van der Waals surface area (Å²) in [5.74, 6) is 1.05. The summed E-state index contributed by atoms with van der Waals surface area (Å²) in [6.07, 6.45) is 3.80. The highest BCUT2D eigenvalue weighted by Gasteiger charge is 2.52. The van der Waals surface area contributed by atoms with E-state index in [0.717, 1.165) is 5.92 Å². The minimum Gasteiger partial charge on any atom is -0.465 e. The summed E-state index contributed by atoms with van der Waals surface area (Å²) >= 11 is 0. The molecule has 0 amide bonds. The number of likely N-dealkylation sites (tertiary alicyclic amines) is 1. The molecular weight excluding hydrogens is 346 g/mol. The van der Waals surface area contributed by atoms with Crippen molar-refractivity contribution in [3.05, 3.63) is 35.4 Å². The molecule has 3 rings (SSSR count). The zero-order valence-electron chi connectivity index (χ0n) is 19.8. The Kier molecular flexibility index (Phi) is 9.20. The van der Waals surface area contributed by atoms with E-state index >= 15 is 0 Å². The standard InChI is InChI=1S/C21H31NO2.2C2H6/c1-20(2)17(15-6-8-16(9-7-15)19(23)24-5)10-12-21(3)14-22(4)13-11-18(20)21;2*1-2/h6-9,17-18H,10-14H2,1-5H3;2*1-2H3/t17?,18?,21-;;/m1../s1. The molecule has 0 radical (unpaired) electrons. The van der Waals surface area contributed by atoms with Gasteiger partial charge in [-0.2, -0.15) is 0 Å². The van der Waals surface area contributed by atoms with E-state index in [1.54, 1.807) is 0 Å². The average molecular weight is 390 g/mol. The number of piperidine rings is 1. The van der Waals surface area contributed by atoms with E-state index in [-0.39, 0.29) is 11.4 Å². The highest BCUT2D eigenvalue weighted by molar-refractivity contribution is 5.89. The lowest BCUT2D eigenvalue weighted by Crippen LogP contribution is -2.54. The molecule has 3 heteroatoms. The summed E-state index contributed by atoms with van der Waals surface area (Å²) in [4.78, 5) is 14.2. The number of methoxy groups -OCH3 is 1. The van der Waals surface area contributed by atoms with Crippen molar-refractivity contribution in [3.63, 3.8) is 0 Å². The molecule has 2 aliphatic rings. The zero-order chi connectivity index (χ0) is 21.5. The van der Waals surface area contributed by atoms with Crippen LogP contribution in [0.2, 0.25) is 0 Å². The van der Waals surface area contributed by atoms with E-state index in [1.165, 1.54) is 45.0 Å². The molecule has 0 N–H and O–H groups in total. The average Bonchev–Trinajstić information content (AvgIpc) is 2.70. The number of esters is 1. The molecule has 1 saturated carbocycles. The van der Waals surface area contributed by atoms with Crippen LogP contribution in [0.3, 0.4) is 0 Å². The van der Waals surface area contributed by atoms with Gasteiger partial charge in [-0.15, -0.1) is 0 Å². The first kappa shape index (κ1) is 24.7. The summed E-state index contributed by atoms with van der Waals surface area (Å²) in [6, 6.07) is 8.10. The van der Waals surface area contributed by atoms with Crippen molar-refractivity contribution in [2.24, 2.45) is 16.7 Å². The van der Waals surface area contributed by atoms with E-state index in [2.05, 4.69) is 44.9 Å². The Balaban J connectivity index is 0.000000921. The summed E-state index contributed by atoms with van der Waals surface area (Å²) in [7, 11) is 3.69. The van der Waals surface area contributed by atoms with Crippen LogP contribution in [0.15, 0.2) is 24.3 Å². The summed E-state index contributed by atoms with van der Waals surface area (Å²) in [6.45, 7) is 17.8. The molecule has 1 heterocycles. The normalized spacial score (nSPS) is 28.6. The number of benzene rings is 1. The zero-order valence-corrected chi connectivity index (χ0v) is 19.8. The van der Waals surface area contributed by atoms with Gasteiger partial charge in [0.15, 0.2) is 0 Å². The van der Waals surface area contributed by atoms with Gasteiger partial charge in [0.25, 0.3) is 0 Å². The lowest BCUT2D eigenvalue weighted by Gasteiger charge is -2.58. The molecular formula is C25H43NO2. The molecule has 3 nitrogen and oxygen atoms in total. The van der Waals surface area contributed by atoms with Crippen LogP contribution in [0.1, 0.15) is 89.6 Å². The van der Waals surface area contributed by atoms with Crippen LogP contribution in [0.25, 0.3) is 0 Å². The van der Waals surface area contributed by atoms with E-state index in [9.17, 15) is 4.79 Å². The molecule has 3 atom stereocenters. The van der Waals surface area contributed by atoms with Gasteiger partial charge in [0.2, 0.25) is 0 Å². The van der Waals surface area contributed by atoms with Crippen molar-refractivity contribution in [2.75, 3.05) is 27.2 Å². The number of ether oxygens (including phenoxy) is 1. The van der Waals surface area contributed by atoms with Gasteiger partial charge in [0, 0.05) is 6.54 Å². The second-order valence-corrected chi connectivity index (χ2v) is 8.76. The van der Waals surface area contributed by atoms with Crippen molar-refractivity contribution in [1.82, 2.24) is 4.90 Å². The topological polar surface area (TPSA) is 29.5 Å². The van der Waals surface area contributed by atoms with Gasteiger partial charge < -0.3 is 9.64 Å². The third kappa shape index (κ3) is 4.97. The minimum absolute atomic E-state index is 0.257. The van der Waals surface area contributed by atoms with Crippen molar-refractivity contribution < 1.29 is 9.53 Å². The lowest BCUT2D eigenvalue weighted by molar-refractivity contribution is -0.0687. The molecule has 1 aliphatic carbocycles. The largest absolute Gasteiger partial charge is 0.465 e. The number of hydrogen-bond acceptors (Lipinski definition) is 3. The number of carbonyl (C=O) groups is 1. The first-order chi connectivity index (χ1) is 13.3. The number of rotatable bonds is 2. The monoisotopic (exact) mass is 389 g/mol. The highest BCUT2D eigenvalue weighted by Crippen LogP contribution is 2.59. The molecule has 0 spiro atoms. The van der Waals surface area contributed by atoms with Gasteiger partial charge in [-0.1, -0.05) is 60.6 Å². The molecule has 0 aromatic heterocycles. The van der Waals surface area contributed by atoms with E-state index in [4.69, 9.17) is 4.74 Å². The van der Waals surface area contributed by atoms with Gasteiger partial charge in [-0.3, -0.25) is 0 Å². The van der Waals surface area contributed by atoms with Crippen LogP contribution in [-0.4, -0.2) is 38.1 Å². The molecule has 160 valence electrons. The van der Waals surface area contributed by atoms with Crippen molar-refractivity contribution in [3.8, 4) is 0 Å². The molecule has 28 heavy (non-hydrogen) atoms. The number of fused-ring (bicyclic) bond motifs is 1. The third-order valence-electron chi connectivity index (χ3n) is 6.81. The Morgan fingerprint density at radius 3 is 2.14 bits per heavy atom. The maximum Gasteiger partial charge on any atom is 0.337 e. The Morgan fingerprint density at radius 1 is 1.04 bits per heavy atom. The molecule has 0 bridgehead atoms. The molecule has 2 fully saturated rings. The first-order valence-corrected chi connectivity index (χ1v) is 11.1. The maximum absolute atomic E-state index is 11.7. The van der Waals surface area contributed by atoms with Gasteiger partial charge in [0.05, 0.1) is 12.7 Å². The first-order valence-electron chi connectivity index (χ1n) is 11.1. The van der Waals surface area contributed by atoms with Crippen molar-refractivity contribution in [1.29, 1.82) is 0 Å². The second-order valence-electron chi connectivity index (χ2n) is 8.76. The lowest BCUT2D eigenvalue weighted by atomic mass is 9.49. The van der Waals surface area contributed by atoms with Crippen LogP contribution in [0.4, 0.5) is 0 Å². The van der Waals surface area contributed by atoms with Crippen LogP contribution in [0, 0.1) is 16.7 Å². The molecule has 1 aromatic rings. The molecule has 2 unspecified atom stereocenters. The number of carbonyl (C=O) groups excluding carboxylic acids is 1. The quantitative estimate of drug-likeness (QED) is 0.549. The van der Waals surface area contributed by atoms with Crippen molar-refractivity contribution >= 4 is 5.97 Å². The SMILES string of the molecule is CC.CC.COC(=O)c1ccc(C2CC[C@]3(C)CN(C)CCC3C2(C)C)cc1. The number of hydrogen-bond donors (Lipinski definition) is 0. The van der Waals surface area contributed by atoms with E-state index in [0.29, 0.717) is 16.9 Å². The Labute approximate surface area is 173 Å². The predicted molar refractivity (Wildman–Crippen MR) is 120 cm³/mol. The fourth-order valence-corrected chi connectivity index (χ4v) is 5.68. The highest BCUT2D eigenvalue weighted by atomic mass is 16.5. The summed E-state index contributed by atoms with van der Waals surface area (Å²) in [5.41, 5.74) is 2.72. The van der Waals surface area contributed by atoms with Crippen LogP contribution < -0.4 is 0 Å². The summed E-state index contributed by atoms with van der Waals surface area (Å²) < 4.78 is 4.81. The fourth-order valence-electron chi connectivity index (χ4n) is 5.68. The Bertz CT molecular complexity index is 607. The van der Waals surface area contributed by atoms with Crippen LogP contribution >= 0.6 is 0 Å². The van der Waals surface area contributed by atoms with E-state index in [1.807, 2.05) is 39.8 Å². The molecule has 1 saturated heterocycles. The van der Waals surface area contributed by atoms with E-state index < -0.39 is 0 Å². The van der Waals surface area contributed by atoms with Crippen LogP contribution in [-0.2, 0) is 4.74 Å². The predicted octanol–water partition coefficient (Wildman–Crippen LogP) is 6.39. The Hall–Kier alpha value is -1.35. The van der Waals surface area contributed by atoms with Crippen LogP contribution in [0.5, 0.6) is 0 Å². The van der Waals surface area contributed by atoms with Gasteiger partial charge in [0.1, 0.15) is 0 Å². The third-order valence-corrected chi connectivity index (χ3v) is 6.81.